The van der Waals surface area contributed by atoms with E-state index < -0.39 is 5.97 Å². The maximum Gasteiger partial charge on any atom is 0.375 e. The lowest BCUT2D eigenvalue weighted by molar-refractivity contribution is -0.121. The topological polar surface area (TPSA) is 69.0 Å². The summed E-state index contributed by atoms with van der Waals surface area (Å²) in [7, 11) is 1.54. The molecule has 28 heavy (non-hydrogen) atoms. The molecular formula is C22H23NO5. The van der Waals surface area contributed by atoms with E-state index in [2.05, 4.69) is 0 Å². The minimum absolute atomic E-state index is 0.0646. The largest absolute Gasteiger partial charge is 0.450 e. The molecule has 1 amide bonds. The van der Waals surface area contributed by atoms with Gasteiger partial charge >= 0.3 is 5.97 Å². The van der Waals surface area contributed by atoms with Crippen molar-refractivity contribution in [1.82, 2.24) is 0 Å². The molecule has 0 aliphatic carbocycles. The predicted molar refractivity (Wildman–Crippen MR) is 106 cm³/mol. The highest BCUT2D eigenvalue weighted by atomic mass is 16.5. The van der Waals surface area contributed by atoms with Crippen molar-refractivity contribution in [2.45, 2.75) is 20.5 Å². The SMILES string of the molecule is CCN(C(=O)COC(=O)c1oc2ccccc2c1COC)c1ccccc1C. The van der Waals surface area contributed by atoms with Crippen LogP contribution in [-0.4, -0.2) is 32.1 Å². The number of hydrogen-bond donors (Lipinski definition) is 0. The van der Waals surface area contributed by atoms with Gasteiger partial charge in [0.15, 0.2) is 6.61 Å². The highest BCUT2D eigenvalue weighted by Gasteiger charge is 2.24. The molecule has 1 aromatic heterocycles. The molecule has 2 aromatic carbocycles. The number of benzene rings is 2. The molecule has 146 valence electrons. The third kappa shape index (κ3) is 3.92. The highest BCUT2D eigenvalue weighted by Crippen LogP contribution is 2.27. The van der Waals surface area contributed by atoms with Crippen LogP contribution in [0.5, 0.6) is 0 Å². The second kappa shape index (κ2) is 8.71. The Morgan fingerprint density at radius 3 is 2.50 bits per heavy atom. The van der Waals surface area contributed by atoms with Crippen molar-refractivity contribution in [1.29, 1.82) is 0 Å². The Balaban J connectivity index is 1.76. The second-order valence-electron chi connectivity index (χ2n) is 6.34. The Morgan fingerprint density at radius 2 is 1.79 bits per heavy atom. The molecule has 0 aliphatic rings. The molecule has 0 aliphatic heterocycles. The Kier molecular flexibility index (Phi) is 6.11. The number of ether oxygens (including phenoxy) is 2. The highest BCUT2D eigenvalue weighted by molar-refractivity contribution is 5.99. The van der Waals surface area contributed by atoms with Gasteiger partial charge in [-0.3, -0.25) is 4.79 Å². The number of aryl methyl sites for hydroxylation is 1. The Labute approximate surface area is 163 Å². The van der Waals surface area contributed by atoms with Crippen LogP contribution >= 0.6 is 0 Å². The first-order chi connectivity index (χ1) is 13.6. The summed E-state index contributed by atoms with van der Waals surface area (Å²) in [6.45, 7) is 4.12. The molecule has 6 nitrogen and oxygen atoms in total. The lowest BCUT2D eigenvalue weighted by Crippen LogP contribution is -2.35. The zero-order valence-corrected chi connectivity index (χ0v) is 16.2. The maximum absolute atomic E-state index is 12.6. The van der Waals surface area contributed by atoms with Gasteiger partial charge in [-0.05, 0) is 31.5 Å². The third-order valence-corrected chi connectivity index (χ3v) is 4.52. The van der Waals surface area contributed by atoms with Crippen molar-refractivity contribution < 1.29 is 23.5 Å². The van der Waals surface area contributed by atoms with Gasteiger partial charge in [-0.2, -0.15) is 0 Å². The van der Waals surface area contributed by atoms with Gasteiger partial charge in [0.25, 0.3) is 5.91 Å². The zero-order valence-electron chi connectivity index (χ0n) is 16.2. The fourth-order valence-electron chi connectivity index (χ4n) is 3.17. The normalized spacial score (nSPS) is 10.8. The Hall–Kier alpha value is -3.12. The number of rotatable bonds is 7. The number of fused-ring (bicyclic) bond motifs is 1. The van der Waals surface area contributed by atoms with Crippen molar-refractivity contribution in [3.63, 3.8) is 0 Å². The van der Waals surface area contributed by atoms with Crippen LogP contribution in [0.15, 0.2) is 52.9 Å². The molecule has 0 fully saturated rings. The first-order valence-corrected chi connectivity index (χ1v) is 9.09. The van der Waals surface area contributed by atoms with Crippen LogP contribution in [0.25, 0.3) is 11.0 Å². The number of esters is 1. The first-order valence-electron chi connectivity index (χ1n) is 9.09. The lowest BCUT2D eigenvalue weighted by atomic mass is 10.1. The van der Waals surface area contributed by atoms with E-state index in [1.165, 1.54) is 0 Å². The molecule has 0 bridgehead atoms. The minimum atomic E-state index is -0.683. The van der Waals surface area contributed by atoms with Gasteiger partial charge in [0.2, 0.25) is 5.76 Å². The van der Waals surface area contributed by atoms with Crippen molar-refractivity contribution >= 4 is 28.5 Å². The summed E-state index contributed by atoms with van der Waals surface area (Å²) < 4.78 is 16.1. The summed E-state index contributed by atoms with van der Waals surface area (Å²) >= 11 is 0. The molecular weight excluding hydrogens is 358 g/mol. The number of hydrogen-bond acceptors (Lipinski definition) is 5. The van der Waals surface area contributed by atoms with Gasteiger partial charge in [0.1, 0.15) is 5.58 Å². The summed E-state index contributed by atoms with van der Waals surface area (Å²) in [5.74, 6) is -0.915. The smallest absolute Gasteiger partial charge is 0.375 e. The average Bonchev–Trinajstić information content (AvgIpc) is 3.07. The van der Waals surface area contributed by atoms with Crippen LogP contribution in [-0.2, 0) is 20.9 Å². The molecule has 0 radical (unpaired) electrons. The molecule has 3 rings (SSSR count). The monoisotopic (exact) mass is 381 g/mol. The lowest BCUT2D eigenvalue weighted by Gasteiger charge is -2.22. The van der Waals surface area contributed by atoms with Gasteiger partial charge in [-0.15, -0.1) is 0 Å². The number of nitrogens with zero attached hydrogens (tertiary/aromatic N) is 1. The number of carbonyl (C=O) groups excluding carboxylic acids is 2. The van der Waals surface area contributed by atoms with Crippen molar-refractivity contribution in [2.24, 2.45) is 0 Å². The summed E-state index contributed by atoms with van der Waals surface area (Å²) in [6.07, 6.45) is 0. The number of para-hydroxylation sites is 2. The van der Waals surface area contributed by atoms with E-state index in [1.807, 2.05) is 56.3 Å². The molecule has 0 N–H and O–H groups in total. The van der Waals surface area contributed by atoms with E-state index in [9.17, 15) is 9.59 Å². The first kappa shape index (κ1) is 19.6. The molecule has 0 unspecified atom stereocenters. The fraction of sp³-hybridized carbons (Fsp3) is 0.273. The standard InChI is InChI=1S/C22H23NO5/c1-4-23(18-11-7-5-9-15(18)2)20(24)14-27-22(25)21-17(13-26-3)16-10-6-8-12-19(16)28-21/h5-12H,4,13-14H2,1-3H3. The van der Waals surface area contributed by atoms with Crippen LogP contribution in [0.4, 0.5) is 5.69 Å². The van der Waals surface area contributed by atoms with E-state index in [4.69, 9.17) is 13.9 Å². The third-order valence-electron chi connectivity index (χ3n) is 4.52. The maximum atomic E-state index is 12.6. The molecule has 0 spiro atoms. The van der Waals surface area contributed by atoms with Crippen LogP contribution in [0, 0.1) is 6.92 Å². The molecule has 0 atom stereocenters. The zero-order chi connectivity index (χ0) is 20.1. The van der Waals surface area contributed by atoms with Gasteiger partial charge < -0.3 is 18.8 Å². The van der Waals surface area contributed by atoms with E-state index in [0.717, 1.165) is 16.6 Å². The van der Waals surface area contributed by atoms with E-state index in [0.29, 0.717) is 17.7 Å². The van der Waals surface area contributed by atoms with Crippen LogP contribution in [0.3, 0.4) is 0 Å². The van der Waals surface area contributed by atoms with Crippen molar-refractivity contribution in [3.8, 4) is 0 Å². The van der Waals surface area contributed by atoms with E-state index in [1.54, 1.807) is 18.1 Å². The summed E-state index contributed by atoms with van der Waals surface area (Å²) in [6, 6.07) is 14.9. The molecule has 6 heteroatoms. The number of likely N-dealkylation sites (N-methyl/N-ethyl adjacent to an activating group) is 1. The van der Waals surface area contributed by atoms with Gasteiger partial charge in [0.05, 0.1) is 6.61 Å². The van der Waals surface area contributed by atoms with Crippen LogP contribution < -0.4 is 4.90 Å². The van der Waals surface area contributed by atoms with Gasteiger partial charge in [-0.25, -0.2) is 4.79 Å². The summed E-state index contributed by atoms with van der Waals surface area (Å²) in [5.41, 5.74) is 2.96. The van der Waals surface area contributed by atoms with Crippen molar-refractivity contribution in [2.75, 3.05) is 25.2 Å². The number of furan rings is 1. The van der Waals surface area contributed by atoms with Gasteiger partial charge in [-0.1, -0.05) is 36.4 Å². The second-order valence-corrected chi connectivity index (χ2v) is 6.34. The van der Waals surface area contributed by atoms with E-state index in [-0.39, 0.29) is 24.9 Å². The number of carbonyl (C=O) groups is 2. The average molecular weight is 381 g/mol. The molecule has 1 heterocycles. The number of amides is 1. The van der Waals surface area contributed by atoms with Crippen LogP contribution in [0.1, 0.15) is 28.6 Å². The summed E-state index contributed by atoms with van der Waals surface area (Å²) in [4.78, 5) is 26.8. The van der Waals surface area contributed by atoms with Crippen molar-refractivity contribution in [3.05, 3.63) is 65.4 Å². The quantitative estimate of drug-likeness (QED) is 0.577. The molecule has 3 aromatic rings. The van der Waals surface area contributed by atoms with Crippen LogP contribution in [0.2, 0.25) is 0 Å². The summed E-state index contributed by atoms with van der Waals surface area (Å²) in [5, 5.41) is 0.790. The molecule has 0 saturated carbocycles. The van der Waals surface area contributed by atoms with E-state index >= 15 is 0 Å². The van der Waals surface area contributed by atoms with Gasteiger partial charge in [0, 0.05) is 30.3 Å². The Morgan fingerprint density at radius 1 is 1.07 bits per heavy atom. The number of anilines is 1. The molecule has 0 saturated heterocycles. The minimum Gasteiger partial charge on any atom is -0.450 e. The Bertz CT molecular complexity index is 992. The predicted octanol–water partition coefficient (Wildman–Crippen LogP) is 4.10. The number of methoxy groups -OCH3 is 1. The fourth-order valence-corrected chi connectivity index (χ4v) is 3.17.